The molecule has 0 aromatic heterocycles. The van der Waals surface area contributed by atoms with Gasteiger partial charge in [0.1, 0.15) is 0 Å². The Kier molecular flexibility index (Phi) is 11.6. The summed E-state index contributed by atoms with van der Waals surface area (Å²) in [5, 5.41) is 2.58. The van der Waals surface area contributed by atoms with Crippen molar-refractivity contribution in [3.63, 3.8) is 0 Å². The van der Waals surface area contributed by atoms with Gasteiger partial charge in [0.2, 0.25) is 0 Å². The van der Waals surface area contributed by atoms with E-state index in [1.165, 1.54) is 0 Å². The molecule has 0 fully saturated rings. The molecule has 0 aromatic carbocycles. The predicted molar refractivity (Wildman–Crippen MR) is 92.2 cm³/mol. The predicted octanol–water partition coefficient (Wildman–Crippen LogP) is 3.44. The maximum absolute atomic E-state index is 10.6. The van der Waals surface area contributed by atoms with Gasteiger partial charge in [-0.15, -0.1) is 0 Å². The molecule has 0 bridgehead atoms. The summed E-state index contributed by atoms with van der Waals surface area (Å²) in [5.41, 5.74) is 0.349. The van der Waals surface area contributed by atoms with Crippen molar-refractivity contribution in [2.45, 2.75) is 53.4 Å². The highest BCUT2D eigenvalue weighted by Crippen LogP contribution is 2.25. The average Bonchev–Trinajstić information content (AvgIpc) is 2.41. The van der Waals surface area contributed by atoms with Crippen LogP contribution < -0.4 is 5.09 Å². The fourth-order valence-electron chi connectivity index (χ4n) is 1.78. The third-order valence-corrected chi connectivity index (χ3v) is 4.53. The minimum absolute atomic E-state index is 0.101. The van der Waals surface area contributed by atoms with Crippen LogP contribution in [0.5, 0.6) is 0 Å². The minimum atomic E-state index is -2.56. The van der Waals surface area contributed by atoms with E-state index in [9.17, 15) is 4.57 Å². The molecule has 5 nitrogen and oxygen atoms in total. The summed E-state index contributed by atoms with van der Waals surface area (Å²) in [5.74, 6) is 0. The van der Waals surface area contributed by atoms with Crippen molar-refractivity contribution in [3.05, 3.63) is 6.92 Å². The Balaban J connectivity index is 3.50. The molecule has 0 spiro atoms. The summed E-state index contributed by atoms with van der Waals surface area (Å²) in [6.45, 7) is 15.9. The maximum Gasteiger partial charge on any atom is 0.255 e. The van der Waals surface area contributed by atoms with Gasteiger partial charge >= 0.3 is 0 Å². The van der Waals surface area contributed by atoms with Gasteiger partial charge in [0.05, 0.1) is 13.2 Å². The SMILES string of the molecule is [CH2]CC(C)(C)CCOCCOCCC(C)(C)CCN[PH](=O)O. The summed E-state index contributed by atoms with van der Waals surface area (Å²) in [6, 6.07) is 0. The van der Waals surface area contributed by atoms with Crippen LogP contribution in [0.2, 0.25) is 0 Å². The van der Waals surface area contributed by atoms with E-state index in [2.05, 4.69) is 39.7 Å². The van der Waals surface area contributed by atoms with Gasteiger partial charge in [-0.1, -0.05) is 34.6 Å². The Morgan fingerprint density at radius 1 is 0.955 bits per heavy atom. The Labute approximate surface area is 137 Å². The van der Waals surface area contributed by atoms with Crippen LogP contribution in [-0.2, 0) is 14.0 Å². The molecule has 0 rings (SSSR count). The summed E-state index contributed by atoms with van der Waals surface area (Å²) in [7, 11) is -2.56. The lowest BCUT2D eigenvalue weighted by Gasteiger charge is -2.24. The standard InChI is InChI=1S/C16H35NO4P/c1-6-15(2,3)8-11-20-13-14-21-12-9-16(4,5)7-10-17-22(18)19/h22H,1,6-14H2,2-5H3,(H2,17,18,19). The molecule has 1 radical (unpaired) electrons. The van der Waals surface area contributed by atoms with Gasteiger partial charge in [-0.3, -0.25) is 4.57 Å². The van der Waals surface area contributed by atoms with E-state index in [1.54, 1.807) is 0 Å². The second kappa shape index (κ2) is 11.6. The smallest absolute Gasteiger partial charge is 0.255 e. The molecule has 0 saturated heterocycles. The summed E-state index contributed by atoms with van der Waals surface area (Å²) < 4.78 is 21.7. The highest BCUT2D eigenvalue weighted by molar-refractivity contribution is 7.35. The first-order chi connectivity index (χ1) is 10.2. The van der Waals surface area contributed by atoms with Crippen molar-refractivity contribution < 1.29 is 18.9 Å². The van der Waals surface area contributed by atoms with Crippen molar-refractivity contribution in [2.75, 3.05) is 33.0 Å². The van der Waals surface area contributed by atoms with Crippen LogP contribution in [0.3, 0.4) is 0 Å². The lowest BCUT2D eigenvalue weighted by atomic mass is 9.86. The van der Waals surface area contributed by atoms with Crippen LogP contribution in [0.4, 0.5) is 0 Å². The van der Waals surface area contributed by atoms with E-state index in [-0.39, 0.29) is 10.8 Å². The quantitative estimate of drug-likeness (QED) is 0.376. The normalized spacial score (nSPS) is 14.3. The van der Waals surface area contributed by atoms with Crippen molar-refractivity contribution in [2.24, 2.45) is 10.8 Å². The third kappa shape index (κ3) is 13.7. The Hall–Kier alpha value is 0.0700. The van der Waals surface area contributed by atoms with Crippen LogP contribution in [0.25, 0.3) is 0 Å². The zero-order valence-corrected chi connectivity index (χ0v) is 15.7. The van der Waals surface area contributed by atoms with Crippen molar-refractivity contribution in [1.29, 1.82) is 0 Å². The number of hydrogen-bond acceptors (Lipinski definition) is 3. The molecule has 22 heavy (non-hydrogen) atoms. The average molecular weight is 336 g/mol. The minimum Gasteiger partial charge on any atom is -0.379 e. The topological polar surface area (TPSA) is 67.8 Å². The molecule has 133 valence electrons. The molecule has 0 aliphatic rings. The highest BCUT2D eigenvalue weighted by atomic mass is 31.1. The van der Waals surface area contributed by atoms with Crippen molar-refractivity contribution in [1.82, 2.24) is 5.09 Å². The van der Waals surface area contributed by atoms with E-state index in [0.29, 0.717) is 26.4 Å². The molecule has 0 aromatic rings. The van der Waals surface area contributed by atoms with Crippen molar-refractivity contribution in [3.8, 4) is 0 Å². The largest absolute Gasteiger partial charge is 0.379 e. The van der Waals surface area contributed by atoms with E-state index in [4.69, 9.17) is 14.4 Å². The molecule has 0 aliphatic heterocycles. The second-order valence-electron chi connectivity index (χ2n) is 7.29. The Bertz CT molecular complexity index is 309. The maximum atomic E-state index is 10.6. The monoisotopic (exact) mass is 336 g/mol. The van der Waals surface area contributed by atoms with Gasteiger partial charge < -0.3 is 14.4 Å². The van der Waals surface area contributed by atoms with Gasteiger partial charge in [0, 0.05) is 19.8 Å². The van der Waals surface area contributed by atoms with E-state index < -0.39 is 8.18 Å². The molecule has 2 N–H and O–H groups in total. The molecule has 1 atom stereocenters. The first kappa shape index (κ1) is 22.1. The zero-order chi connectivity index (χ0) is 17.1. The van der Waals surface area contributed by atoms with Gasteiger partial charge in [0.25, 0.3) is 8.18 Å². The Morgan fingerprint density at radius 2 is 1.45 bits per heavy atom. The summed E-state index contributed by atoms with van der Waals surface area (Å²) in [4.78, 5) is 8.73. The third-order valence-electron chi connectivity index (χ3n) is 3.97. The van der Waals surface area contributed by atoms with Gasteiger partial charge in [-0.2, -0.15) is 0 Å². The molecular weight excluding hydrogens is 301 g/mol. The van der Waals surface area contributed by atoms with Crippen LogP contribution in [0, 0.1) is 17.8 Å². The van der Waals surface area contributed by atoms with Crippen LogP contribution in [-0.4, -0.2) is 37.9 Å². The highest BCUT2D eigenvalue weighted by Gasteiger charge is 2.17. The van der Waals surface area contributed by atoms with Crippen LogP contribution in [0.15, 0.2) is 0 Å². The summed E-state index contributed by atoms with van der Waals surface area (Å²) >= 11 is 0. The molecule has 0 heterocycles. The lowest BCUT2D eigenvalue weighted by Crippen LogP contribution is -2.21. The van der Waals surface area contributed by atoms with Gasteiger partial charge in [0.15, 0.2) is 0 Å². The first-order valence-electron chi connectivity index (χ1n) is 8.10. The number of rotatable bonds is 14. The molecule has 0 aliphatic carbocycles. The fraction of sp³-hybridized carbons (Fsp3) is 0.938. The van der Waals surface area contributed by atoms with E-state index in [1.807, 2.05) is 0 Å². The first-order valence-corrected chi connectivity index (χ1v) is 9.46. The number of hydrogen-bond donors (Lipinski definition) is 2. The lowest BCUT2D eigenvalue weighted by molar-refractivity contribution is 0.0284. The number of ether oxygens (including phenoxy) is 2. The molecule has 0 saturated carbocycles. The molecular formula is C16H35NO4P. The van der Waals surface area contributed by atoms with Gasteiger partial charge in [-0.25, -0.2) is 5.09 Å². The van der Waals surface area contributed by atoms with E-state index >= 15 is 0 Å². The van der Waals surface area contributed by atoms with Crippen molar-refractivity contribution >= 4 is 8.18 Å². The van der Waals surface area contributed by atoms with Gasteiger partial charge in [-0.05, 0) is 36.5 Å². The molecule has 0 amide bonds. The number of nitrogens with one attached hydrogen (secondary N) is 1. The molecule has 6 heteroatoms. The fourth-order valence-corrected chi connectivity index (χ4v) is 2.12. The van der Waals surface area contributed by atoms with E-state index in [0.717, 1.165) is 32.3 Å². The second-order valence-corrected chi connectivity index (χ2v) is 8.25. The summed E-state index contributed by atoms with van der Waals surface area (Å²) in [6.07, 6.45) is 3.71. The van der Waals surface area contributed by atoms with Crippen LogP contribution >= 0.6 is 8.18 Å². The molecule has 1 unspecified atom stereocenters. The zero-order valence-electron chi connectivity index (χ0n) is 14.7. The van der Waals surface area contributed by atoms with Crippen LogP contribution in [0.1, 0.15) is 53.4 Å². The Morgan fingerprint density at radius 3 is 1.91 bits per heavy atom.